The molecule has 0 saturated carbocycles. The van der Waals surface area contributed by atoms with Crippen LogP contribution in [0.25, 0.3) is 11.4 Å². The number of aromatic nitrogens is 4. The highest BCUT2D eigenvalue weighted by molar-refractivity contribution is 6.32. The van der Waals surface area contributed by atoms with Crippen molar-refractivity contribution in [1.82, 2.24) is 20.2 Å². The molecule has 8 heteroatoms. The zero-order valence-corrected chi connectivity index (χ0v) is 13.6. The summed E-state index contributed by atoms with van der Waals surface area (Å²) in [5.74, 6) is 0.845. The van der Waals surface area contributed by atoms with E-state index >= 15 is 0 Å². The van der Waals surface area contributed by atoms with Crippen LogP contribution in [0.4, 0.5) is 5.69 Å². The van der Waals surface area contributed by atoms with Crippen molar-refractivity contribution in [3.8, 4) is 17.1 Å². The molecule has 1 amide bonds. The lowest BCUT2D eigenvalue weighted by atomic mass is 10.2. The Hall–Kier alpha value is -2.93. The van der Waals surface area contributed by atoms with Gasteiger partial charge in [0.05, 0.1) is 5.02 Å². The van der Waals surface area contributed by atoms with Crippen LogP contribution in [0.15, 0.2) is 48.5 Å². The van der Waals surface area contributed by atoms with Crippen molar-refractivity contribution in [3.05, 3.63) is 53.6 Å². The number of anilines is 1. The summed E-state index contributed by atoms with van der Waals surface area (Å²) in [4.78, 5) is 11.9. The molecule has 0 aliphatic carbocycles. The van der Waals surface area contributed by atoms with Crippen molar-refractivity contribution >= 4 is 23.2 Å². The van der Waals surface area contributed by atoms with E-state index in [1.165, 1.54) is 0 Å². The Balaban J connectivity index is 1.59. The van der Waals surface area contributed by atoms with Gasteiger partial charge in [-0.1, -0.05) is 23.7 Å². The Morgan fingerprint density at radius 2 is 1.96 bits per heavy atom. The first-order chi connectivity index (χ1) is 11.6. The molecule has 0 fully saturated rings. The molecule has 0 bridgehead atoms. The smallest absolute Gasteiger partial charge is 0.262 e. The predicted octanol–water partition coefficient (Wildman–Crippen LogP) is 2.55. The largest absolute Gasteiger partial charge is 0.482 e. The third kappa shape index (κ3) is 3.69. The molecular weight excluding hydrogens is 330 g/mol. The SMILES string of the molecule is Cn1nnnc1-c1ccc(NC(=O)COc2ccccc2Cl)cc1. The maximum Gasteiger partial charge on any atom is 0.262 e. The van der Waals surface area contributed by atoms with Gasteiger partial charge >= 0.3 is 0 Å². The van der Waals surface area contributed by atoms with Crippen LogP contribution >= 0.6 is 11.6 Å². The molecule has 0 aliphatic rings. The van der Waals surface area contributed by atoms with Gasteiger partial charge < -0.3 is 10.1 Å². The van der Waals surface area contributed by atoms with Crippen LogP contribution in [-0.4, -0.2) is 32.7 Å². The summed E-state index contributed by atoms with van der Waals surface area (Å²) in [7, 11) is 1.76. The lowest BCUT2D eigenvalue weighted by Gasteiger charge is -2.09. The molecule has 0 unspecified atom stereocenters. The number of carbonyl (C=O) groups is 1. The van der Waals surface area contributed by atoms with Crippen LogP contribution in [0.2, 0.25) is 5.02 Å². The number of tetrazole rings is 1. The van der Waals surface area contributed by atoms with E-state index in [1.807, 2.05) is 12.1 Å². The molecular formula is C16H14ClN5O2. The minimum absolute atomic E-state index is 0.126. The van der Waals surface area contributed by atoms with Gasteiger partial charge in [-0.15, -0.1) is 5.10 Å². The first kappa shape index (κ1) is 15.9. The highest BCUT2D eigenvalue weighted by atomic mass is 35.5. The molecule has 0 aliphatic heterocycles. The van der Waals surface area contributed by atoms with E-state index in [2.05, 4.69) is 20.8 Å². The summed E-state index contributed by atoms with van der Waals surface area (Å²) in [6, 6.07) is 14.2. The van der Waals surface area contributed by atoms with E-state index in [-0.39, 0.29) is 12.5 Å². The van der Waals surface area contributed by atoms with Gasteiger partial charge in [0, 0.05) is 18.3 Å². The first-order valence-corrected chi connectivity index (χ1v) is 7.51. The van der Waals surface area contributed by atoms with Gasteiger partial charge in [0.1, 0.15) is 5.75 Å². The fraction of sp³-hybridized carbons (Fsp3) is 0.125. The number of halogens is 1. The maximum atomic E-state index is 11.9. The summed E-state index contributed by atoms with van der Waals surface area (Å²) >= 11 is 5.97. The average molecular weight is 344 g/mol. The van der Waals surface area contributed by atoms with Crippen molar-refractivity contribution < 1.29 is 9.53 Å². The third-order valence-corrected chi connectivity index (χ3v) is 3.55. The Labute approximate surface area is 143 Å². The monoisotopic (exact) mass is 343 g/mol. The number of ether oxygens (including phenoxy) is 1. The van der Waals surface area contributed by atoms with Crippen molar-refractivity contribution in [2.24, 2.45) is 7.05 Å². The number of nitrogens with zero attached hydrogens (tertiary/aromatic N) is 4. The van der Waals surface area contributed by atoms with Crippen LogP contribution < -0.4 is 10.1 Å². The fourth-order valence-corrected chi connectivity index (χ4v) is 2.27. The van der Waals surface area contributed by atoms with Crippen LogP contribution in [-0.2, 0) is 11.8 Å². The standard InChI is InChI=1S/C16H14ClN5O2/c1-22-16(19-20-21-22)11-6-8-12(9-7-11)18-15(23)10-24-14-5-3-2-4-13(14)17/h2-9H,10H2,1H3,(H,18,23). The van der Waals surface area contributed by atoms with Gasteiger partial charge in [-0.3, -0.25) is 4.79 Å². The van der Waals surface area contributed by atoms with Gasteiger partial charge in [0.25, 0.3) is 5.91 Å². The quantitative estimate of drug-likeness (QED) is 0.769. The number of benzene rings is 2. The highest BCUT2D eigenvalue weighted by Gasteiger charge is 2.08. The molecule has 24 heavy (non-hydrogen) atoms. The predicted molar refractivity (Wildman–Crippen MR) is 89.8 cm³/mol. The Morgan fingerprint density at radius 1 is 1.21 bits per heavy atom. The van der Waals surface area contributed by atoms with E-state index in [0.29, 0.717) is 22.3 Å². The van der Waals surface area contributed by atoms with Gasteiger partial charge in [0.15, 0.2) is 12.4 Å². The summed E-state index contributed by atoms with van der Waals surface area (Å²) in [5, 5.41) is 14.5. The fourth-order valence-electron chi connectivity index (χ4n) is 2.08. The number of para-hydroxylation sites is 1. The summed E-state index contributed by atoms with van der Waals surface area (Å²) in [6.07, 6.45) is 0. The third-order valence-electron chi connectivity index (χ3n) is 3.24. The Morgan fingerprint density at radius 3 is 2.62 bits per heavy atom. The molecule has 1 aromatic heterocycles. The van der Waals surface area contributed by atoms with Crippen LogP contribution in [0.3, 0.4) is 0 Å². The number of hydrogen-bond donors (Lipinski definition) is 1. The number of rotatable bonds is 5. The summed E-state index contributed by atoms with van der Waals surface area (Å²) in [5.41, 5.74) is 1.51. The van der Waals surface area contributed by atoms with Gasteiger partial charge in [-0.05, 0) is 46.8 Å². The number of aryl methyl sites for hydroxylation is 1. The molecule has 2 aromatic carbocycles. The molecule has 1 N–H and O–H groups in total. The van der Waals surface area contributed by atoms with E-state index in [1.54, 1.807) is 48.1 Å². The second-order valence-electron chi connectivity index (χ2n) is 4.97. The topological polar surface area (TPSA) is 81.9 Å². The molecule has 122 valence electrons. The van der Waals surface area contributed by atoms with Crippen molar-refractivity contribution in [1.29, 1.82) is 0 Å². The van der Waals surface area contributed by atoms with Crippen molar-refractivity contribution in [2.45, 2.75) is 0 Å². The molecule has 0 saturated heterocycles. The number of amides is 1. The van der Waals surface area contributed by atoms with Crippen LogP contribution in [0.5, 0.6) is 5.75 Å². The van der Waals surface area contributed by atoms with Gasteiger partial charge in [-0.25, -0.2) is 4.68 Å². The second-order valence-corrected chi connectivity index (χ2v) is 5.38. The normalized spacial score (nSPS) is 10.4. The summed E-state index contributed by atoms with van der Waals surface area (Å²) < 4.78 is 6.97. The molecule has 0 radical (unpaired) electrons. The lowest BCUT2D eigenvalue weighted by Crippen LogP contribution is -2.20. The molecule has 3 rings (SSSR count). The van der Waals surface area contributed by atoms with Gasteiger partial charge in [-0.2, -0.15) is 0 Å². The molecule has 0 spiro atoms. The van der Waals surface area contributed by atoms with Gasteiger partial charge in [0.2, 0.25) is 0 Å². The average Bonchev–Trinajstić information content (AvgIpc) is 3.01. The van der Waals surface area contributed by atoms with E-state index < -0.39 is 0 Å². The molecule has 7 nitrogen and oxygen atoms in total. The number of carbonyl (C=O) groups excluding carboxylic acids is 1. The second kappa shape index (κ2) is 7.10. The molecule has 0 atom stereocenters. The number of hydrogen-bond acceptors (Lipinski definition) is 5. The number of nitrogens with one attached hydrogen (secondary N) is 1. The Kier molecular flexibility index (Phi) is 4.72. The van der Waals surface area contributed by atoms with Crippen molar-refractivity contribution in [2.75, 3.05) is 11.9 Å². The lowest BCUT2D eigenvalue weighted by molar-refractivity contribution is -0.118. The minimum Gasteiger partial charge on any atom is -0.482 e. The molecule has 1 heterocycles. The van der Waals surface area contributed by atoms with Crippen LogP contribution in [0, 0.1) is 0 Å². The van der Waals surface area contributed by atoms with E-state index in [9.17, 15) is 4.79 Å². The zero-order chi connectivity index (χ0) is 16.9. The minimum atomic E-state index is -0.275. The molecule has 3 aromatic rings. The summed E-state index contributed by atoms with van der Waals surface area (Å²) in [6.45, 7) is -0.126. The van der Waals surface area contributed by atoms with Crippen molar-refractivity contribution in [3.63, 3.8) is 0 Å². The first-order valence-electron chi connectivity index (χ1n) is 7.13. The maximum absolute atomic E-state index is 11.9. The zero-order valence-electron chi connectivity index (χ0n) is 12.8. The Bertz CT molecular complexity index is 848. The van der Waals surface area contributed by atoms with E-state index in [0.717, 1.165) is 5.56 Å². The highest BCUT2D eigenvalue weighted by Crippen LogP contribution is 2.23. The van der Waals surface area contributed by atoms with Crippen LogP contribution in [0.1, 0.15) is 0 Å². The van der Waals surface area contributed by atoms with E-state index in [4.69, 9.17) is 16.3 Å².